The van der Waals surface area contributed by atoms with Crippen molar-refractivity contribution in [2.24, 2.45) is 0 Å². The van der Waals surface area contributed by atoms with Gasteiger partial charge in [0.2, 0.25) is 11.8 Å². The molecule has 2 aliphatic heterocycles. The lowest BCUT2D eigenvalue weighted by atomic mass is 10.1. The molecular formula is C23H28N6O3. The number of likely N-dealkylation sites (N-methyl/N-ethyl adjacent to an activating group) is 1. The molecule has 3 heterocycles. The van der Waals surface area contributed by atoms with Gasteiger partial charge in [0.1, 0.15) is 12.4 Å². The molecule has 4 rings (SSSR count). The van der Waals surface area contributed by atoms with E-state index < -0.39 is 0 Å². The number of carbonyl (C=O) groups excluding carboxylic acids is 3. The fourth-order valence-electron chi connectivity index (χ4n) is 4.35. The Bertz CT molecular complexity index is 1060. The summed E-state index contributed by atoms with van der Waals surface area (Å²) in [6.45, 7) is 3.00. The topological polar surface area (TPSA) is 98.7 Å². The molecule has 1 atom stereocenters. The predicted octanol–water partition coefficient (Wildman–Crippen LogP) is 1.82. The molecule has 0 spiro atoms. The fourth-order valence-corrected chi connectivity index (χ4v) is 4.35. The van der Waals surface area contributed by atoms with E-state index in [2.05, 4.69) is 15.3 Å². The summed E-state index contributed by atoms with van der Waals surface area (Å²) in [5.41, 5.74) is 2.29. The molecule has 1 aromatic carbocycles. The minimum Gasteiger partial charge on any atom is -0.373 e. The van der Waals surface area contributed by atoms with E-state index in [1.54, 1.807) is 47.9 Å². The van der Waals surface area contributed by atoms with Gasteiger partial charge in [-0.25, -0.2) is 9.97 Å². The van der Waals surface area contributed by atoms with E-state index >= 15 is 0 Å². The third-order valence-electron chi connectivity index (χ3n) is 6.06. The summed E-state index contributed by atoms with van der Waals surface area (Å²) in [4.78, 5) is 51.6. The first-order chi connectivity index (χ1) is 15.4. The van der Waals surface area contributed by atoms with Crippen molar-refractivity contribution < 1.29 is 14.4 Å². The number of hydrogen-bond acceptors (Lipinski definition) is 6. The lowest BCUT2D eigenvalue weighted by Crippen LogP contribution is -2.38. The second kappa shape index (κ2) is 8.94. The maximum atomic E-state index is 12.9. The van der Waals surface area contributed by atoms with Crippen molar-refractivity contribution in [2.75, 3.05) is 32.5 Å². The number of anilines is 1. The van der Waals surface area contributed by atoms with Crippen LogP contribution in [0.15, 0.2) is 30.3 Å². The molecule has 0 saturated carbocycles. The molecule has 9 heteroatoms. The molecule has 1 saturated heterocycles. The van der Waals surface area contributed by atoms with Gasteiger partial charge < -0.3 is 20.0 Å². The number of rotatable bonds is 6. The Labute approximate surface area is 187 Å². The number of benzene rings is 1. The normalized spacial score (nSPS) is 17.5. The van der Waals surface area contributed by atoms with Gasteiger partial charge in [0.05, 0.1) is 18.3 Å². The van der Waals surface area contributed by atoms with E-state index in [1.807, 2.05) is 18.2 Å². The SMILES string of the molecule is CNc1cc(CN(C)C(=O)CN2Cc3ccccc3C2=O)nc([C@H]2CCCN2C(C)=O)n1. The molecule has 0 radical (unpaired) electrons. The summed E-state index contributed by atoms with van der Waals surface area (Å²) in [5, 5.41) is 3.04. The Morgan fingerprint density at radius 1 is 1.25 bits per heavy atom. The van der Waals surface area contributed by atoms with Gasteiger partial charge in [-0.3, -0.25) is 14.4 Å². The first kappa shape index (κ1) is 21.7. The molecular weight excluding hydrogens is 408 g/mol. The molecule has 32 heavy (non-hydrogen) atoms. The van der Waals surface area contributed by atoms with Gasteiger partial charge in [-0.15, -0.1) is 0 Å². The Morgan fingerprint density at radius 2 is 2.03 bits per heavy atom. The van der Waals surface area contributed by atoms with Gasteiger partial charge in [0.15, 0.2) is 5.82 Å². The van der Waals surface area contributed by atoms with Gasteiger partial charge in [0, 0.05) is 45.7 Å². The molecule has 1 N–H and O–H groups in total. The van der Waals surface area contributed by atoms with Crippen LogP contribution in [0.1, 0.15) is 53.2 Å². The molecule has 0 unspecified atom stereocenters. The molecule has 9 nitrogen and oxygen atoms in total. The Kier molecular flexibility index (Phi) is 6.07. The van der Waals surface area contributed by atoms with Gasteiger partial charge in [-0.2, -0.15) is 0 Å². The fraction of sp³-hybridized carbons (Fsp3) is 0.435. The molecule has 1 aromatic heterocycles. The van der Waals surface area contributed by atoms with Crippen LogP contribution in [0.3, 0.4) is 0 Å². The van der Waals surface area contributed by atoms with Crippen LogP contribution < -0.4 is 5.32 Å². The molecule has 2 aliphatic rings. The van der Waals surface area contributed by atoms with Crippen LogP contribution in [0.2, 0.25) is 0 Å². The third-order valence-corrected chi connectivity index (χ3v) is 6.06. The van der Waals surface area contributed by atoms with E-state index in [0.29, 0.717) is 36.0 Å². The van der Waals surface area contributed by atoms with Crippen LogP contribution in [0.5, 0.6) is 0 Å². The van der Waals surface area contributed by atoms with Crippen LogP contribution in [-0.2, 0) is 22.7 Å². The van der Waals surface area contributed by atoms with Crippen LogP contribution in [0.25, 0.3) is 0 Å². The maximum Gasteiger partial charge on any atom is 0.254 e. The van der Waals surface area contributed by atoms with E-state index in [1.165, 1.54) is 0 Å². The minimum atomic E-state index is -0.163. The monoisotopic (exact) mass is 436 g/mol. The van der Waals surface area contributed by atoms with Crippen molar-refractivity contribution in [3.05, 3.63) is 53.0 Å². The van der Waals surface area contributed by atoms with E-state index in [4.69, 9.17) is 0 Å². The molecule has 3 amide bonds. The third kappa shape index (κ3) is 4.28. The zero-order valence-corrected chi connectivity index (χ0v) is 18.7. The summed E-state index contributed by atoms with van der Waals surface area (Å²) >= 11 is 0. The van der Waals surface area contributed by atoms with E-state index in [9.17, 15) is 14.4 Å². The molecule has 0 aliphatic carbocycles. The van der Waals surface area contributed by atoms with Crippen molar-refractivity contribution in [1.82, 2.24) is 24.7 Å². The Balaban J connectivity index is 1.46. The summed E-state index contributed by atoms with van der Waals surface area (Å²) in [6.07, 6.45) is 1.73. The first-order valence-electron chi connectivity index (χ1n) is 10.8. The highest BCUT2D eigenvalue weighted by Crippen LogP contribution is 2.30. The number of nitrogens with one attached hydrogen (secondary N) is 1. The predicted molar refractivity (Wildman–Crippen MR) is 119 cm³/mol. The number of hydrogen-bond donors (Lipinski definition) is 1. The highest BCUT2D eigenvalue weighted by Gasteiger charge is 2.31. The van der Waals surface area contributed by atoms with Crippen molar-refractivity contribution in [1.29, 1.82) is 0 Å². The second-order valence-electron chi connectivity index (χ2n) is 8.29. The van der Waals surface area contributed by atoms with Crippen molar-refractivity contribution in [3.8, 4) is 0 Å². The summed E-state index contributed by atoms with van der Waals surface area (Å²) in [5.74, 6) is 0.964. The zero-order valence-electron chi connectivity index (χ0n) is 18.7. The highest BCUT2D eigenvalue weighted by molar-refractivity contribution is 6.00. The maximum absolute atomic E-state index is 12.9. The standard InChI is InChI=1S/C23H28N6O3/c1-15(30)29-10-6-9-19(29)22-25-17(11-20(24-2)26-22)13-27(3)21(31)14-28-12-16-7-4-5-8-18(16)23(28)32/h4-5,7-8,11,19H,6,9-10,12-14H2,1-3H3,(H,24,25,26)/t19-/m1/s1. The first-order valence-corrected chi connectivity index (χ1v) is 10.8. The van der Waals surface area contributed by atoms with E-state index in [0.717, 1.165) is 18.4 Å². The summed E-state index contributed by atoms with van der Waals surface area (Å²) < 4.78 is 0. The number of amides is 3. The zero-order chi connectivity index (χ0) is 22.8. The Hall–Kier alpha value is -3.49. The average molecular weight is 437 g/mol. The lowest BCUT2D eigenvalue weighted by molar-refractivity contribution is -0.131. The van der Waals surface area contributed by atoms with Crippen LogP contribution in [-0.4, -0.2) is 69.6 Å². The van der Waals surface area contributed by atoms with Gasteiger partial charge in [0.25, 0.3) is 5.91 Å². The van der Waals surface area contributed by atoms with Crippen LogP contribution in [0.4, 0.5) is 5.82 Å². The average Bonchev–Trinajstić information content (AvgIpc) is 3.39. The summed E-state index contributed by atoms with van der Waals surface area (Å²) in [6, 6.07) is 9.08. The largest absolute Gasteiger partial charge is 0.373 e. The smallest absolute Gasteiger partial charge is 0.254 e. The van der Waals surface area contributed by atoms with Gasteiger partial charge in [-0.1, -0.05) is 18.2 Å². The summed E-state index contributed by atoms with van der Waals surface area (Å²) in [7, 11) is 3.48. The molecule has 168 valence electrons. The van der Waals surface area contributed by atoms with Crippen molar-refractivity contribution in [2.45, 2.75) is 38.9 Å². The molecule has 2 aromatic rings. The van der Waals surface area contributed by atoms with Gasteiger partial charge in [-0.05, 0) is 24.5 Å². The number of carbonyl (C=O) groups is 3. The highest BCUT2D eigenvalue weighted by atomic mass is 16.2. The van der Waals surface area contributed by atoms with Gasteiger partial charge >= 0.3 is 0 Å². The lowest BCUT2D eigenvalue weighted by Gasteiger charge is -2.24. The number of fused-ring (bicyclic) bond motifs is 1. The van der Waals surface area contributed by atoms with E-state index in [-0.39, 0.29) is 36.9 Å². The number of aromatic nitrogens is 2. The second-order valence-corrected chi connectivity index (χ2v) is 8.29. The van der Waals surface area contributed by atoms with Crippen molar-refractivity contribution >= 4 is 23.5 Å². The minimum absolute atomic E-state index is 0.0103. The van der Waals surface area contributed by atoms with Crippen LogP contribution in [0, 0.1) is 0 Å². The molecule has 1 fully saturated rings. The van der Waals surface area contributed by atoms with Crippen LogP contribution >= 0.6 is 0 Å². The number of likely N-dealkylation sites (tertiary alicyclic amines) is 1. The quantitative estimate of drug-likeness (QED) is 0.742. The molecule has 0 bridgehead atoms. The Morgan fingerprint density at radius 3 is 2.75 bits per heavy atom. The van der Waals surface area contributed by atoms with Crippen molar-refractivity contribution in [3.63, 3.8) is 0 Å². The number of nitrogens with zero attached hydrogens (tertiary/aromatic N) is 5.